The van der Waals surface area contributed by atoms with Gasteiger partial charge in [-0.1, -0.05) is 35.5 Å². The second-order valence-corrected chi connectivity index (χ2v) is 8.32. The molecule has 1 fully saturated rings. The summed E-state index contributed by atoms with van der Waals surface area (Å²) in [5.74, 6) is -0.154. The van der Waals surface area contributed by atoms with Crippen LogP contribution in [0.2, 0.25) is 5.02 Å². The van der Waals surface area contributed by atoms with E-state index in [0.717, 1.165) is 59.5 Å². The molecule has 2 aliphatic rings. The smallest absolute Gasteiger partial charge is 0.137 e. The number of β-amino-alcohol motifs (C(OH)–C–C–N with tert-alkyl or cyclic N) is 1. The molecule has 0 saturated carbocycles. The Bertz CT molecular complexity index is 795. The van der Waals surface area contributed by atoms with Crippen LogP contribution in [-0.2, 0) is 6.42 Å². The number of aliphatic hydroxyl groups excluding tert-OH is 1. The Morgan fingerprint density at radius 1 is 1.15 bits per heavy atom. The number of aliphatic hydroxyl groups is 1. The van der Waals surface area contributed by atoms with Gasteiger partial charge in [0.25, 0.3) is 0 Å². The maximum atomic E-state index is 14.6. The summed E-state index contributed by atoms with van der Waals surface area (Å²) in [4.78, 5) is 6.54. The molecule has 3 nitrogen and oxygen atoms in total. The second kappa shape index (κ2) is 7.87. The van der Waals surface area contributed by atoms with Crippen LogP contribution in [0.5, 0.6) is 0 Å². The van der Waals surface area contributed by atoms with Crippen molar-refractivity contribution in [1.82, 2.24) is 9.80 Å². The number of halogens is 2. The molecule has 2 aliphatic heterocycles. The maximum absolute atomic E-state index is 14.6. The standard InChI is InChI=1S/C20H22ClFN2OS/c21-15-4-5-19-14(12-15)13-18(16-2-1-3-17(22)20(16)26-19)24-8-6-23(7-9-24)10-11-25/h1-5,12,18,25H,6-11,13H2. The van der Waals surface area contributed by atoms with Gasteiger partial charge in [-0.05, 0) is 41.8 Å². The van der Waals surface area contributed by atoms with Gasteiger partial charge in [-0.3, -0.25) is 9.80 Å². The Morgan fingerprint density at radius 3 is 2.73 bits per heavy atom. The van der Waals surface area contributed by atoms with Crippen molar-refractivity contribution in [1.29, 1.82) is 0 Å². The van der Waals surface area contributed by atoms with Crippen LogP contribution in [0.25, 0.3) is 0 Å². The average Bonchev–Trinajstić information content (AvgIpc) is 2.80. The normalized spacial score (nSPS) is 21.1. The minimum Gasteiger partial charge on any atom is -0.395 e. The summed E-state index contributed by atoms with van der Waals surface area (Å²) >= 11 is 7.74. The number of nitrogens with zero attached hydrogens (tertiary/aromatic N) is 2. The van der Waals surface area contributed by atoms with Gasteiger partial charge in [0.2, 0.25) is 0 Å². The first kappa shape index (κ1) is 18.3. The summed E-state index contributed by atoms with van der Waals surface area (Å²) in [6.07, 6.45) is 0.833. The van der Waals surface area contributed by atoms with Gasteiger partial charge < -0.3 is 5.11 Å². The first-order valence-corrected chi connectivity index (χ1v) is 10.2. The molecule has 0 aromatic heterocycles. The molecule has 0 bridgehead atoms. The molecule has 2 aromatic rings. The van der Waals surface area contributed by atoms with Crippen LogP contribution < -0.4 is 0 Å². The molecular formula is C20H22ClFN2OS. The van der Waals surface area contributed by atoms with Crippen molar-refractivity contribution in [3.8, 4) is 0 Å². The van der Waals surface area contributed by atoms with E-state index in [0.29, 0.717) is 0 Å². The fourth-order valence-corrected chi connectivity index (χ4v) is 5.21. The van der Waals surface area contributed by atoms with E-state index in [2.05, 4.69) is 15.9 Å². The minimum atomic E-state index is -0.154. The molecule has 0 spiro atoms. The molecule has 1 N–H and O–H groups in total. The van der Waals surface area contributed by atoms with Crippen molar-refractivity contribution in [2.45, 2.75) is 22.3 Å². The summed E-state index contributed by atoms with van der Waals surface area (Å²) in [6.45, 7) is 4.61. The van der Waals surface area contributed by atoms with Crippen molar-refractivity contribution in [2.24, 2.45) is 0 Å². The summed E-state index contributed by atoms with van der Waals surface area (Å²) in [6, 6.07) is 11.5. The molecule has 138 valence electrons. The highest BCUT2D eigenvalue weighted by atomic mass is 35.5. The molecule has 1 saturated heterocycles. The Hall–Kier alpha value is -1.11. The third-order valence-corrected chi connectivity index (χ3v) is 6.76. The van der Waals surface area contributed by atoms with Gasteiger partial charge in [0.15, 0.2) is 0 Å². The largest absolute Gasteiger partial charge is 0.395 e. The highest BCUT2D eigenvalue weighted by Gasteiger charge is 2.31. The number of hydrogen-bond donors (Lipinski definition) is 1. The molecule has 0 aliphatic carbocycles. The topological polar surface area (TPSA) is 26.7 Å². The number of benzene rings is 2. The first-order chi connectivity index (χ1) is 12.7. The highest BCUT2D eigenvalue weighted by Crippen LogP contribution is 2.44. The zero-order valence-corrected chi connectivity index (χ0v) is 16.1. The van der Waals surface area contributed by atoms with Gasteiger partial charge in [-0.25, -0.2) is 4.39 Å². The molecule has 0 amide bonds. The maximum Gasteiger partial charge on any atom is 0.137 e. The number of piperazine rings is 1. The van der Waals surface area contributed by atoms with E-state index in [1.165, 1.54) is 17.3 Å². The molecule has 2 heterocycles. The van der Waals surface area contributed by atoms with Crippen LogP contribution in [0, 0.1) is 5.82 Å². The van der Waals surface area contributed by atoms with Crippen molar-refractivity contribution in [3.63, 3.8) is 0 Å². The van der Waals surface area contributed by atoms with Gasteiger partial charge in [0.05, 0.1) is 11.5 Å². The molecule has 26 heavy (non-hydrogen) atoms. The van der Waals surface area contributed by atoms with E-state index >= 15 is 0 Å². The lowest BCUT2D eigenvalue weighted by atomic mass is 9.96. The van der Waals surface area contributed by atoms with E-state index in [1.54, 1.807) is 6.07 Å². The third-order valence-electron chi connectivity index (χ3n) is 5.27. The quantitative estimate of drug-likeness (QED) is 0.858. The highest BCUT2D eigenvalue weighted by molar-refractivity contribution is 7.99. The Balaban J connectivity index is 1.68. The Kier molecular flexibility index (Phi) is 5.53. The van der Waals surface area contributed by atoms with E-state index in [4.69, 9.17) is 16.7 Å². The van der Waals surface area contributed by atoms with Crippen LogP contribution in [0.4, 0.5) is 4.39 Å². The van der Waals surface area contributed by atoms with Crippen LogP contribution in [0.15, 0.2) is 46.2 Å². The second-order valence-electron chi connectivity index (χ2n) is 6.83. The molecular weight excluding hydrogens is 371 g/mol. The summed E-state index contributed by atoms with van der Waals surface area (Å²) in [5, 5.41) is 9.88. The van der Waals surface area contributed by atoms with Crippen LogP contribution in [0.3, 0.4) is 0 Å². The van der Waals surface area contributed by atoms with E-state index in [9.17, 15) is 4.39 Å². The molecule has 2 aromatic carbocycles. The molecule has 6 heteroatoms. The van der Waals surface area contributed by atoms with Gasteiger partial charge in [-0.15, -0.1) is 0 Å². The monoisotopic (exact) mass is 392 g/mol. The van der Waals surface area contributed by atoms with E-state index in [1.807, 2.05) is 24.3 Å². The number of fused-ring (bicyclic) bond motifs is 2. The zero-order chi connectivity index (χ0) is 18.1. The SMILES string of the molecule is OCCN1CCN(C2Cc3cc(Cl)ccc3Sc3c(F)cccc32)CC1. The van der Waals surface area contributed by atoms with Gasteiger partial charge in [0.1, 0.15) is 5.82 Å². The lowest BCUT2D eigenvalue weighted by Crippen LogP contribution is -2.48. The van der Waals surface area contributed by atoms with Gasteiger partial charge in [-0.2, -0.15) is 0 Å². The van der Waals surface area contributed by atoms with Crippen molar-refractivity contribution < 1.29 is 9.50 Å². The minimum absolute atomic E-state index is 0.143. The summed E-state index contributed by atoms with van der Waals surface area (Å²) in [7, 11) is 0. The predicted molar refractivity (Wildman–Crippen MR) is 104 cm³/mol. The van der Waals surface area contributed by atoms with Crippen LogP contribution in [-0.4, -0.2) is 54.2 Å². The molecule has 1 unspecified atom stereocenters. The molecule has 4 rings (SSSR count). The Labute approximate surface area is 162 Å². The van der Waals surface area contributed by atoms with Gasteiger partial charge in [0, 0.05) is 48.7 Å². The van der Waals surface area contributed by atoms with Crippen molar-refractivity contribution in [2.75, 3.05) is 39.3 Å². The lowest BCUT2D eigenvalue weighted by Gasteiger charge is -2.39. The van der Waals surface area contributed by atoms with Crippen LogP contribution >= 0.6 is 23.4 Å². The molecule has 0 radical (unpaired) electrons. The number of hydrogen-bond acceptors (Lipinski definition) is 4. The number of rotatable bonds is 3. The average molecular weight is 393 g/mol. The summed E-state index contributed by atoms with van der Waals surface area (Å²) in [5.41, 5.74) is 2.25. The fraction of sp³-hybridized carbons (Fsp3) is 0.400. The van der Waals surface area contributed by atoms with Crippen LogP contribution in [0.1, 0.15) is 17.2 Å². The van der Waals surface area contributed by atoms with Crippen molar-refractivity contribution in [3.05, 3.63) is 58.4 Å². The molecule has 1 atom stereocenters. The van der Waals surface area contributed by atoms with E-state index < -0.39 is 0 Å². The third kappa shape index (κ3) is 3.64. The first-order valence-electron chi connectivity index (χ1n) is 8.97. The van der Waals surface area contributed by atoms with Gasteiger partial charge >= 0.3 is 0 Å². The Morgan fingerprint density at radius 2 is 1.96 bits per heavy atom. The predicted octanol–water partition coefficient (Wildman–Crippen LogP) is 3.84. The summed E-state index contributed by atoms with van der Waals surface area (Å²) < 4.78 is 14.6. The van der Waals surface area contributed by atoms with E-state index in [-0.39, 0.29) is 18.5 Å². The zero-order valence-electron chi connectivity index (χ0n) is 14.5. The lowest BCUT2D eigenvalue weighted by molar-refractivity contribution is 0.0821. The van der Waals surface area contributed by atoms with Crippen molar-refractivity contribution >= 4 is 23.4 Å². The fourth-order valence-electron chi connectivity index (χ4n) is 3.90.